The van der Waals surface area contributed by atoms with Gasteiger partial charge in [-0.2, -0.15) is 11.8 Å². The first-order chi connectivity index (χ1) is 7.13. The fourth-order valence-electron chi connectivity index (χ4n) is 2.46. The maximum Gasteiger partial charge on any atom is 0.253 e. The highest BCUT2D eigenvalue weighted by Gasteiger charge is 2.43. The van der Waals surface area contributed by atoms with Crippen LogP contribution in [0.15, 0.2) is 0 Å². The minimum atomic E-state index is -2.40. The summed E-state index contributed by atoms with van der Waals surface area (Å²) in [5.41, 5.74) is 5.39. The Morgan fingerprint density at radius 1 is 1.47 bits per heavy atom. The van der Waals surface area contributed by atoms with E-state index >= 15 is 0 Å². The van der Waals surface area contributed by atoms with Gasteiger partial charge in [0.15, 0.2) is 0 Å². The first kappa shape index (κ1) is 11.6. The van der Waals surface area contributed by atoms with Crippen LogP contribution in [0.3, 0.4) is 0 Å². The smallest absolute Gasteiger partial charge is 0.253 e. The molecule has 2 heterocycles. The van der Waals surface area contributed by atoms with E-state index in [1.165, 1.54) is 0 Å². The Balaban J connectivity index is 1.97. The highest BCUT2D eigenvalue weighted by Crippen LogP contribution is 2.41. The molecule has 0 saturated carbocycles. The molecular formula is C10H17F2NOS. The summed E-state index contributed by atoms with van der Waals surface area (Å²) >= 11 is 1.85. The molecule has 0 radical (unpaired) electrons. The number of rotatable bonds is 2. The number of alkyl halides is 2. The van der Waals surface area contributed by atoms with Gasteiger partial charge >= 0.3 is 0 Å². The van der Waals surface area contributed by atoms with Crippen LogP contribution in [0.25, 0.3) is 0 Å². The summed E-state index contributed by atoms with van der Waals surface area (Å²) in [6.45, 7) is 0.589. The van der Waals surface area contributed by atoms with Crippen LogP contribution in [-0.4, -0.2) is 36.2 Å². The van der Waals surface area contributed by atoms with Crippen molar-refractivity contribution in [2.24, 2.45) is 11.7 Å². The van der Waals surface area contributed by atoms with Gasteiger partial charge in [-0.25, -0.2) is 8.78 Å². The lowest BCUT2D eigenvalue weighted by molar-refractivity contribution is -0.0918. The third-order valence-electron chi connectivity index (χ3n) is 3.43. The normalized spacial score (nSPS) is 38.8. The van der Waals surface area contributed by atoms with E-state index in [0.717, 1.165) is 17.9 Å². The quantitative estimate of drug-likeness (QED) is 0.796. The second-order valence-corrected chi connectivity index (χ2v) is 5.60. The standard InChI is InChI=1S/C10H17F2NOS/c11-9(12)8(13)7-1-3-14-10(5-7)2-4-15-6-10/h7-9H,1-6,13H2. The Hall–Kier alpha value is 0.130. The highest BCUT2D eigenvalue weighted by atomic mass is 32.2. The SMILES string of the molecule is NC(C(F)F)C1CCOC2(CCSC2)C1. The van der Waals surface area contributed by atoms with Crippen LogP contribution in [-0.2, 0) is 4.74 Å². The predicted octanol–water partition coefficient (Wildman–Crippen LogP) is 1.88. The molecule has 0 aromatic heterocycles. The Labute approximate surface area is 92.9 Å². The van der Waals surface area contributed by atoms with Gasteiger partial charge in [-0.05, 0) is 30.9 Å². The monoisotopic (exact) mass is 237 g/mol. The molecule has 3 unspecified atom stereocenters. The zero-order valence-corrected chi connectivity index (χ0v) is 9.44. The molecule has 0 amide bonds. The molecule has 3 atom stereocenters. The lowest BCUT2D eigenvalue weighted by Gasteiger charge is -2.39. The molecule has 2 aliphatic rings. The summed E-state index contributed by atoms with van der Waals surface area (Å²) in [7, 11) is 0. The van der Waals surface area contributed by atoms with Gasteiger partial charge in [-0.1, -0.05) is 0 Å². The molecule has 0 bridgehead atoms. The van der Waals surface area contributed by atoms with Gasteiger partial charge in [-0.15, -0.1) is 0 Å². The Morgan fingerprint density at radius 2 is 2.27 bits per heavy atom. The van der Waals surface area contributed by atoms with E-state index in [4.69, 9.17) is 10.5 Å². The molecule has 2 nitrogen and oxygen atoms in total. The Morgan fingerprint density at radius 3 is 2.87 bits per heavy atom. The first-order valence-corrected chi connectivity index (χ1v) is 6.54. The average Bonchev–Trinajstić information content (AvgIpc) is 2.65. The van der Waals surface area contributed by atoms with E-state index in [2.05, 4.69) is 0 Å². The maximum atomic E-state index is 12.5. The van der Waals surface area contributed by atoms with Crippen molar-refractivity contribution in [2.45, 2.75) is 37.3 Å². The second kappa shape index (κ2) is 4.55. The minimum Gasteiger partial charge on any atom is -0.374 e. The molecule has 1 spiro atoms. The van der Waals surface area contributed by atoms with Crippen LogP contribution in [0.4, 0.5) is 8.78 Å². The number of halogens is 2. The van der Waals surface area contributed by atoms with Gasteiger partial charge in [0.2, 0.25) is 0 Å². The van der Waals surface area contributed by atoms with E-state index in [-0.39, 0.29) is 11.5 Å². The zero-order chi connectivity index (χ0) is 10.9. The zero-order valence-electron chi connectivity index (χ0n) is 8.62. The van der Waals surface area contributed by atoms with Gasteiger partial charge in [0, 0.05) is 12.4 Å². The molecule has 2 saturated heterocycles. The van der Waals surface area contributed by atoms with Gasteiger partial charge in [0.25, 0.3) is 6.43 Å². The number of thioether (sulfide) groups is 1. The van der Waals surface area contributed by atoms with E-state index in [9.17, 15) is 8.78 Å². The molecule has 2 rings (SSSR count). The molecule has 0 aliphatic carbocycles. The van der Waals surface area contributed by atoms with Crippen LogP contribution >= 0.6 is 11.8 Å². The largest absolute Gasteiger partial charge is 0.374 e. The fourth-order valence-corrected chi connectivity index (χ4v) is 3.84. The van der Waals surface area contributed by atoms with Crippen molar-refractivity contribution in [2.75, 3.05) is 18.1 Å². The van der Waals surface area contributed by atoms with Crippen molar-refractivity contribution in [3.8, 4) is 0 Å². The third kappa shape index (κ3) is 2.45. The molecule has 88 valence electrons. The lowest BCUT2D eigenvalue weighted by atomic mass is 9.81. The van der Waals surface area contributed by atoms with Crippen molar-refractivity contribution >= 4 is 11.8 Å². The summed E-state index contributed by atoms with van der Waals surface area (Å²) in [6, 6.07) is -0.976. The molecule has 5 heteroatoms. The summed E-state index contributed by atoms with van der Waals surface area (Å²) in [5.74, 6) is 1.95. The van der Waals surface area contributed by atoms with E-state index in [1.54, 1.807) is 0 Å². The first-order valence-electron chi connectivity index (χ1n) is 5.38. The van der Waals surface area contributed by atoms with E-state index < -0.39 is 12.5 Å². The Kier molecular flexibility index (Phi) is 3.52. The molecule has 2 N–H and O–H groups in total. The maximum absolute atomic E-state index is 12.5. The third-order valence-corrected chi connectivity index (χ3v) is 4.66. The fraction of sp³-hybridized carbons (Fsp3) is 1.00. The van der Waals surface area contributed by atoms with Crippen molar-refractivity contribution in [3.63, 3.8) is 0 Å². The minimum absolute atomic E-state index is 0.0718. The van der Waals surface area contributed by atoms with Crippen LogP contribution in [0.2, 0.25) is 0 Å². The van der Waals surface area contributed by atoms with E-state index in [1.807, 2.05) is 11.8 Å². The molecular weight excluding hydrogens is 220 g/mol. The summed E-state index contributed by atoms with van der Waals surface area (Å²) in [4.78, 5) is 0. The molecule has 2 fully saturated rings. The van der Waals surface area contributed by atoms with Crippen LogP contribution in [0, 0.1) is 5.92 Å². The van der Waals surface area contributed by atoms with Gasteiger partial charge in [0.05, 0.1) is 11.6 Å². The van der Waals surface area contributed by atoms with Crippen molar-refractivity contribution in [1.29, 1.82) is 0 Å². The van der Waals surface area contributed by atoms with Crippen molar-refractivity contribution in [3.05, 3.63) is 0 Å². The van der Waals surface area contributed by atoms with Gasteiger partial charge in [0.1, 0.15) is 0 Å². The molecule has 0 aromatic carbocycles. The molecule has 2 aliphatic heterocycles. The lowest BCUT2D eigenvalue weighted by Crippen LogP contribution is -2.47. The highest BCUT2D eigenvalue weighted by molar-refractivity contribution is 7.99. The van der Waals surface area contributed by atoms with Gasteiger partial charge in [-0.3, -0.25) is 0 Å². The van der Waals surface area contributed by atoms with Gasteiger partial charge < -0.3 is 10.5 Å². The average molecular weight is 237 g/mol. The molecule has 15 heavy (non-hydrogen) atoms. The summed E-state index contributed by atoms with van der Waals surface area (Å²) < 4.78 is 30.8. The van der Waals surface area contributed by atoms with Crippen molar-refractivity contribution in [1.82, 2.24) is 0 Å². The number of hydrogen-bond donors (Lipinski definition) is 1. The summed E-state index contributed by atoms with van der Waals surface area (Å²) in [6.07, 6.45) is -0.0210. The second-order valence-electron chi connectivity index (χ2n) is 4.50. The van der Waals surface area contributed by atoms with E-state index in [0.29, 0.717) is 19.4 Å². The summed E-state index contributed by atoms with van der Waals surface area (Å²) in [5, 5.41) is 0. The molecule has 0 aromatic rings. The Bertz CT molecular complexity index is 221. The topological polar surface area (TPSA) is 35.2 Å². The van der Waals surface area contributed by atoms with Crippen molar-refractivity contribution < 1.29 is 13.5 Å². The number of ether oxygens (including phenoxy) is 1. The predicted molar refractivity (Wildman–Crippen MR) is 57.3 cm³/mol. The van der Waals surface area contributed by atoms with Crippen LogP contribution in [0.5, 0.6) is 0 Å². The number of nitrogens with two attached hydrogens (primary N) is 1. The van der Waals surface area contributed by atoms with Crippen LogP contribution < -0.4 is 5.73 Å². The van der Waals surface area contributed by atoms with Crippen LogP contribution in [0.1, 0.15) is 19.3 Å². The number of hydrogen-bond acceptors (Lipinski definition) is 3.